The molecule has 1 amide bonds. The highest BCUT2D eigenvalue weighted by Gasteiger charge is 2.19. The monoisotopic (exact) mass is 305 g/mol. The molecular weight excluding hydrogens is 282 g/mol. The number of nitrogens with one attached hydrogen (secondary N) is 1. The van der Waals surface area contributed by atoms with Crippen LogP contribution in [0.5, 0.6) is 0 Å². The number of fused-ring (bicyclic) bond motifs is 1. The van der Waals surface area contributed by atoms with Crippen LogP contribution in [0.15, 0.2) is 60.7 Å². The molecule has 0 saturated heterocycles. The van der Waals surface area contributed by atoms with E-state index in [0.717, 1.165) is 13.0 Å². The van der Waals surface area contributed by atoms with Gasteiger partial charge in [-0.1, -0.05) is 73.7 Å². The van der Waals surface area contributed by atoms with Crippen LogP contribution in [0.3, 0.4) is 0 Å². The number of hydrogen-bond acceptors (Lipinski definition) is 1. The van der Waals surface area contributed by atoms with Crippen LogP contribution in [0.2, 0.25) is 0 Å². The normalized spacial score (nSPS) is 16.8. The second-order valence-corrected chi connectivity index (χ2v) is 6.25. The summed E-state index contributed by atoms with van der Waals surface area (Å²) in [6.07, 6.45) is 5.75. The SMILES string of the molecule is CC(CCNC(=O)CC1C=Cc2ccccc21)c1ccccc1. The van der Waals surface area contributed by atoms with Gasteiger partial charge >= 0.3 is 0 Å². The summed E-state index contributed by atoms with van der Waals surface area (Å²) in [6.45, 7) is 2.93. The molecule has 118 valence electrons. The molecule has 2 nitrogen and oxygen atoms in total. The number of hydrogen-bond donors (Lipinski definition) is 1. The topological polar surface area (TPSA) is 29.1 Å². The van der Waals surface area contributed by atoms with Gasteiger partial charge in [-0.25, -0.2) is 0 Å². The molecule has 0 aliphatic heterocycles. The van der Waals surface area contributed by atoms with Gasteiger partial charge in [0.05, 0.1) is 0 Å². The summed E-state index contributed by atoms with van der Waals surface area (Å²) >= 11 is 0. The largest absolute Gasteiger partial charge is 0.356 e. The molecule has 0 heterocycles. The molecule has 2 atom stereocenters. The molecule has 0 aromatic heterocycles. The zero-order chi connectivity index (χ0) is 16.1. The Labute approximate surface area is 138 Å². The average Bonchev–Trinajstić information content (AvgIpc) is 2.99. The standard InChI is InChI=1S/C21H23NO/c1-16(17-7-3-2-4-8-17)13-14-22-21(23)15-19-12-11-18-9-5-6-10-20(18)19/h2-12,16,19H,13-15H2,1H3,(H,22,23). The number of rotatable bonds is 6. The predicted octanol–water partition coefficient (Wildman–Crippen LogP) is 4.50. The van der Waals surface area contributed by atoms with Crippen LogP contribution in [-0.4, -0.2) is 12.5 Å². The van der Waals surface area contributed by atoms with E-state index in [0.29, 0.717) is 12.3 Å². The second kappa shape index (κ2) is 7.28. The Kier molecular flexibility index (Phi) is 4.92. The molecule has 3 rings (SSSR count). The molecule has 0 fully saturated rings. The molecule has 2 heteroatoms. The first-order valence-electron chi connectivity index (χ1n) is 8.33. The van der Waals surface area contributed by atoms with E-state index in [9.17, 15) is 4.79 Å². The van der Waals surface area contributed by atoms with Crippen molar-refractivity contribution in [1.29, 1.82) is 0 Å². The van der Waals surface area contributed by atoms with Crippen molar-refractivity contribution in [3.8, 4) is 0 Å². The number of carbonyl (C=O) groups excluding carboxylic acids is 1. The van der Waals surface area contributed by atoms with E-state index in [2.05, 4.69) is 60.8 Å². The Hall–Kier alpha value is -2.35. The van der Waals surface area contributed by atoms with Gasteiger partial charge in [0.25, 0.3) is 0 Å². The number of benzene rings is 2. The fraction of sp³-hybridized carbons (Fsp3) is 0.286. The third kappa shape index (κ3) is 3.89. The van der Waals surface area contributed by atoms with Crippen molar-refractivity contribution in [2.45, 2.75) is 31.6 Å². The van der Waals surface area contributed by atoms with Crippen molar-refractivity contribution in [3.63, 3.8) is 0 Å². The highest BCUT2D eigenvalue weighted by Crippen LogP contribution is 2.32. The lowest BCUT2D eigenvalue weighted by atomic mass is 9.96. The van der Waals surface area contributed by atoms with Gasteiger partial charge in [-0.2, -0.15) is 0 Å². The Bertz CT molecular complexity index is 690. The lowest BCUT2D eigenvalue weighted by molar-refractivity contribution is -0.121. The first-order chi connectivity index (χ1) is 11.2. The third-order valence-corrected chi connectivity index (χ3v) is 4.58. The zero-order valence-electron chi connectivity index (χ0n) is 13.5. The Morgan fingerprint density at radius 1 is 1.09 bits per heavy atom. The maximum atomic E-state index is 12.2. The molecule has 1 aliphatic carbocycles. The first kappa shape index (κ1) is 15.5. The summed E-state index contributed by atoms with van der Waals surface area (Å²) < 4.78 is 0. The predicted molar refractivity (Wildman–Crippen MR) is 95.3 cm³/mol. The molecule has 0 radical (unpaired) electrons. The molecule has 2 unspecified atom stereocenters. The number of amides is 1. The molecule has 1 N–H and O–H groups in total. The summed E-state index contributed by atoms with van der Waals surface area (Å²) in [7, 11) is 0. The van der Waals surface area contributed by atoms with Gasteiger partial charge in [-0.05, 0) is 29.0 Å². The van der Waals surface area contributed by atoms with Crippen LogP contribution >= 0.6 is 0 Å². The van der Waals surface area contributed by atoms with E-state index >= 15 is 0 Å². The van der Waals surface area contributed by atoms with Crippen molar-refractivity contribution in [1.82, 2.24) is 5.32 Å². The smallest absolute Gasteiger partial charge is 0.220 e. The van der Waals surface area contributed by atoms with Gasteiger partial charge < -0.3 is 5.32 Å². The van der Waals surface area contributed by atoms with E-state index in [1.54, 1.807) is 0 Å². The van der Waals surface area contributed by atoms with Gasteiger partial charge in [0, 0.05) is 18.9 Å². The van der Waals surface area contributed by atoms with Gasteiger partial charge in [-0.3, -0.25) is 4.79 Å². The van der Waals surface area contributed by atoms with Crippen LogP contribution in [0.25, 0.3) is 6.08 Å². The lowest BCUT2D eigenvalue weighted by Gasteiger charge is -2.14. The fourth-order valence-electron chi connectivity index (χ4n) is 3.15. The van der Waals surface area contributed by atoms with E-state index in [1.807, 2.05) is 18.2 Å². The maximum absolute atomic E-state index is 12.2. The molecular formula is C21H23NO. The molecule has 2 aromatic carbocycles. The van der Waals surface area contributed by atoms with Gasteiger partial charge in [0.1, 0.15) is 0 Å². The summed E-state index contributed by atoms with van der Waals surface area (Å²) in [5.74, 6) is 0.818. The van der Waals surface area contributed by atoms with Crippen molar-refractivity contribution in [3.05, 3.63) is 77.4 Å². The second-order valence-electron chi connectivity index (χ2n) is 6.25. The van der Waals surface area contributed by atoms with Crippen LogP contribution in [0, 0.1) is 0 Å². The Morgan fingerprint density at radius 2 is 1.83 bits per heavy atom. The summed E-state index contributed by atoms with van der Waals surface area (Å²) in [6, 6.07) is 18.7. The van der Waals surface area contributed by atoms with E-state index in [4.69, 9.17) is 0 Å². The van der Waals surface area contributed by atoms with Crippen LogP contribution in [-0.2, 0) is 4.79 Å². The molecule has 1 aliphatic rings. The maximum Gasteiger partial charge on any atom is 0.220 e. The minimum Gasteiger partial charge on any atom is -0.356 e. The minimum atomic E-state index is 0.136. The number of allylic oxidation sites excluding steroid dienone is 1. The van der Waals surface area contributed by atoms with Crippen molar-refractivity contribution in [2.24, 2.45) is 0 Å². The highest BCUT2D eigenvalue weighted by atomic mass is 16.1. The molecule has 0 saturated carbocycles. The lowest BCUT2D eigenvalue weighted by Crippen LogP contribution is -2.26. The average molecular weight is 305 g/mol. The van der Waals surface area contributed by atoms with E-state index in [-0.39, 0.29) is 11.8 Å². The van der Waals surface area contributed by atoms with Crippen LogP contribution < -0.4 is 5.32 Å². The van der Waals surface area contributed by atoms with E-state index in [1.165, 1.54) is 16.7 Å². The van der Waals surface area contributed by atoms with Crippen molar-refractivity contribution in [2.75, 3.05) is 6.54 Å². The molecule has 2 aromatic rings. The summed E-state index contributed by atoms with van der Waals surface area (Å²) in [5.41, 5.74) is 3.83. The number of carbonyl (C=O) groups is 1. The quantitative estimate of drug-likeness (QED) is 0.836. The van der Waals surface area contributed by atoms with Gasteiger partial charge in [-0.15, -0.1) is 0 Å². The third-order valence-electron chi connectivity index (χ3n) is 4.58. The van der Waals surface area contributed by atoms with E-state index < -0.39 is 0 Å². The summed E-state index contributed by atoms with van der Waals surface area (Å²) in [5, 5.41) is 3.07. The van der Waals surface area contributed by atoms with Gasteiger partial charge in [0.2, 0.25) is 5.91 Å². The van der Waals surface area contributed by atoms with Crippen LogP contribution in [0.1, 0.15) is 48.3 Å². The molecule has 23 heavy (non-hydrogen) atoms. The Balaban J connectivity index is 1.45. The zero-order valence-corrected chi connectivity index (χ0v) is 13.5. The Morgan fingerprint density at radius 3 is 2.65 bits per heavy atom. The molecule has 0 spiro atoms. The first-order valence-corrected chi connectivity index (χ1v) is 8.33. The van der Waals surface area contributed by atoms with Crippen molar-refractivity contribution >= 4 is 12.0 Å². The summed E-state index contributed by atoms with van der Waals surface area (Å²) in [4.78, 5) is 12.2. The van der Waals surface area contributed by atoms with Crippen molar-refractivity contribution < 1.29 is 4.79 Å². The highest BCUT2D eigenvalue weighted by molar-refractivity contribution is 5.78. The fourth-order valence-corrected chi connectivity index (χ4v) is 3.15. The van der Waals surface area contributed by atoms with Crippen LogP contribution in [0.4, 0.5) is 0 Å². The minimum absolute atomic E-state index is 0.136. The van der Waals surface area contributed by atoms with Gasteiger partial charge in [0.15, 0.2) is 0 Å². The molecule has 0 bridgehead atoms.